The maximum Gasteiger partial charge on any atom is 0.213 e. The van der Waals surface area contributed by atoms with E-state index in [1.165, 1.54) is 12.8 Å². The molecule has 19 heavy (non-hydrogen) atoms. The van der Waals surface area contributed by atoms with E-state index in [4.69, 9.17) is 4.74 Å². The maximum absolute atomic E-state index is 5.74. The van der Waals surface area contributed by atoms with E-state index in [2.05, 4.69) is 15.3 Å². The van der Waals surface area contributed by atoms with Gasteiger partial charge in [0.1, 0.15) is 0 Å². The van der Waals surface area contributed by atoms with Gasteiger partial charge >= 0.3 is 0 Å². The summed E-state index contributed by atoms with van der Waals surface area (Å²) >= 11 is 0. The van der Waals surface area contributed by atoms with Crippen molar-refractivity contribution < 1.29 is 4.74 Å². The number of pyridine rings is 1. The molecule has 1 fully saturated rings. The Morgan fingerprint density at radius 3 is 3.11 bits per heavy atom. The van der Waals surface area contributed by atoms with Crippen molar-refractivity contribution in [3.8, 4) is 11.6 Å². The number of imidazole rings is 1. The van der Waals surface area contributed by atoms with Gasteiger partial charge < -0.3 is 14.6 Å². The summed E-state index contributed by atoms with van der Waals surface area (Å²) in [5.41, 5.74) is 0.990. The number of hydrogen-bond acceptors (Lipinski definition) is 4. The predicted octanol–water partition coefficient (Wildman–Crippen LogP) is 1.65. The van der Waals surface area contributed by atoms with Gasteiger partial charge in [-0.15, -0.1) is 0 Å². The van der Waals surface area contributed by atoms with Crippen LogP contribution < -0.4 is 10.1 Å². The van der Waals surface area contributed by atoms with E-state index in [1.807, 2.05) is 22.9 Å². The standard InChI is InChI=1S/C14H18N4O/c1-2-12(8-15-5-1)10-19-14-4-3-13(9-17-14)18-7-6-16-11-18/h3-4,6-7,9,11-12,15H,1-2,5,8,10H2. The van der Waals surface area contributed by atoms with Gasteiger partial charge in [-0.05, 0) is 25.5 Å². The van der Waals surface area contributed by atoms with Crippen molar-refractivity contribution in [3.63, 3.8) is 0 Å². The number of aromatic nitrogens is 3. The molecule has 3 rings (SSSR count). The largest absolute Gasteiger partial charge is 0.477 e. The second kappa shape index (κ2) is 5.84. The maximum atomic E-state index is 5.74. The molecule has 0 aliphatic carbocycles. The van der Waals surface area contributed by atoms with Crippen molar-refractivity contribution in [3.05, 3.63) is 37.1 Å². The van der Waals surface area contributed by atoms with Crippen LogP contribution in [-0.2, 0) is 0 Å². The number of nitrogens with one attached hydrogen (secondary N) is 1. The highest BCUT2D eigenvalue weighted by atomic mass is 16.5. The highest BCUT2D eigenvalue weighted by Gasteiger charge is 2.13. The minimum atomic E-state index is 0.601. The van der Waals surface area contributed by atoms with Crippen LogP contribution in [0.25, 0.3) is 5.69 Å². The molecule has 0 bridgehead atoms. The lowest BCUT2D eigenvalue weighted by Gasteiger charge is -2.22. The molecule has 100 valence electrons. The Morgan fingerprint density at radius 1 is 1.42 bits per heavy atom. The first kappa shape index (κ1) is 12.2. The molecular formula is C14H18N4O. The Hall–Kier alpha value is -1.88. The lowest BCUT2D eigenvalue weighted by molar-refractivity contribution is 0.212. The fraction of sp³-hybridized carbons (Fsp3) is 0.429. The zero-order chi connectivity index (χ0) is 12.9. The third-order valence-corrected chi connectivity index (χ3v) is 3.39. The molecule has 2 aromatic rings. The van der Waals surface area contributed by atoms with E-state index in [0.29, 0.717) is 11.8 Å². The van der Waals surface area contributed by atoms with Crippen molar-refractivity contribution in [2.75, 3.05) is 19.7 Å². The fourth-order valence-electron chi connectivity index (χ4n) is 2.29. The van der Waals surface area contributed by atoms with Crippen molar-refractivity contribution in [1.82, 2.24) is 19.9 Å². The van der Waals surface area contributed by atoms with Crippen molar-refractivity contribution in [2.24, 2.45) is 5.92 Å². The van der Waals surface area contributed by atoms with Gasteiger partial charge in [-0.25, -0.2) is 9.97 Å². The number of hydrogen-bond donors (Lipinski definition) is 1. The highest BCUT2D eigenvalue weighted by molar-refractivity contribution is 5.31. The monoisotopic (exact) mass is 258 g/mol. The first-order chi connectivity index (χ1) is 9.42. The zero-order valence-corrected chi connectivity index (χ0v) is 10.8. The first-order valence-corrected chi connectivity index (χ1v) is 6.70. The molecule has 0 saturated carbocycles. The van der Waals surface area contributed by atoms with E-state index in [9.17, 15) is 0 Å². The highest BCUT2D eigenvalue weighted by Crippen LogP contribution is 2.14. The molecule has 2 aromatic heterocycles. The van der Waals surface area contributed by atoms with Gasteiger partial charge in [0.05, 0.1) is 24.8 Å². The molecule has 1 saturated heterocycles. The second-order valence-electron chi connectivity index (χ2n) is 4.85. The summed E-state index contributed by atoms with van der Waals surface area (Å²) in [7, 11) is 0. The van der Waals surface area contributed by atoms with Crippen LogP contribution in [0.15, 0.2) is 37.1 Å². The van der Waals surface area contributed by atoms with Crippen molar-refractivity contribution >= 4 is 0 Å². The van der Waals surface area contributed by atoms with Gasteiger partial charge in [-0.2, -0.15) is 0 Å². The summed E-state index contributed by atoms with van der Waals surface area (Å²) in [5, 5.41) is 3.39. The van der Waals surface area contributed by atoms with E-state index in [-0.39, 0.29) is 0 Å². The van der Waals surface area contributed by atoms with Crippen LogP contribution >= 0.6 is 0 Å². The smallest absolute Gasteiger partial charge is 0.213 e. The van der Waals surface area contributed by atoms with Gasteiger partial charge in [-0.3, -0.25) is 0 Å². The van der Waals surface area contributed by atoms with Gasteiger partial charge in [0, 0.05) is 30.9 Å². The van der Waals surface area contributed by atoms with Crippen LogP contribution in [0.5, 0.6) is 5.88 Å². The zero-order valence-electron chi connectivity index (χ0n) is 10.8. The molecule has 1 N–H and O–H groups in total. The summed E-state index contributed by atoms with van der Waals surface area (Å²) < 4.78 is 7.66. The van der Waals surface area contributed by atoms with E-state index >= 15 is 0 Å². The third-order valence-electron chi connectivity index (χ3n) is 3.39. The van der Waals surface area contributed by atoms with Crippen LogP contribution in [0, 0.1) is 5.92 Å². The van der Waals surface area contributed by atoms with Crippen molar-refractivity contribution in [2.45, 2.75) is 12.8 Å². The molecule has 3 heterocycles. The quantitative estimate of drug-likeness (QED) is 0.906. The molecule has 5 heteroatoms. The Bertz CT molecular complexity index is 489. The summed E-state index contributed by atoms with van der Waals surface area (Å²) in [6.07, 6.45) is 9.67. The van der Waals surface area contributed by atoms with Gasteiger partial charge in [-0.1, -0.05) is 0 Å². The molecule has 0 aromatic carbocycles. The lowest BCUT2D eigenvalue weighted by atomic mass is 10.0. The van der Waals surface area contributed by atoms with Gasteiger partial charge in [0.25, 0.3) is 0 Å². The molecule has 1 unspecified atom stereocenters. The minimum absolute atomic E-state index is 0.601. The van der Waals surface area contributed by atoms with E-state index < -0.39 is 0 Å². The summed E-state index contributed by atoms with van der Waals surface area (Å²) in [6, 6.07) is 3.90. The normalized spacial score (nSPS) is 19.3. The molecule has 1 aliphatic rings. The lowest BCUT2D eigenvalue weighted by Crippen LogP contribution is -2.33. The Balaban J connectivity index is 1.57. The molecule has 0 radical (unpaired) electrons. The second-order valence-corrected chi connectivity index (χ2v) is 4.85. The SMILES string of the molecule is c1cn(-c2ccc(OCC3CCCNC3)nc2)cn1. The molecule has 0 amide bonds. The summed E-state index contributed by atoms with van der Waals surface area (Å²) in [4.78, 5) is 8.34. The first-order valence-electron chi connectivity index (χ1n) is 6.70. The Labute approximate surface area is 112 Å². The number of nitrogens with zero attached hydrogens (tertiary/aromatic N) is 3. The van der Waals surface area contributed by atoms with Gasteiger partial charge in [0.15, 0.2) is 0 Å². The fourth-order valence-corrected chi connectivity index (χ4v) is 2.29. The Kier molecular flexibility index (Phi) is 3.74. The van der Waals surface area contributed by atoms with Crippen LogP contribution in [0.2, 0.25) is 0 Å². The molecule has 1 atom stereocenters. The predicted molar refractivity (Wildman–Crippen MR) is 72.4 cm³/mol. The number of rotatable bonds is 4. The van der Waals surface area contributed by atoms with Crippen LogP contribution in [0.3, 0.4) is 0 Å². The minimum Gasteiger partial charge on any atom is -0.477 e. The number of ether oxygens (including phenoxy) is 1. The molecule has 0 spiro atoms. The molecular weight excluding hydrogens is 240 g/mol. The molecule has 1 aliphatic heterocycles. The van der Waals surface area contributed by atoms with Crippen molar-refractivity contribution in [1.29, 1.82) is 0 Å². The van der Waals surface area contributed by atoms with Crippen LogP contribution in [0.4, 0.5) is 0 Å². The van der Waals surface area contributed by atoms with E-state index in [1.54, 1.807) is 18.7 Å². The Morgan fingerprint density at radius 2 is 2.42 bits per heavy atom. The van der Waals surface area contributed by atoms with E-state index in [0.717, 1.165) is 25.4 Å². The third kappa shape index (κ3) is 3.12. The number of piperidine rings is 1. The van der Waals surface area contributed by atoms with Crippen LogP contribution in [0.1, 0.15) is 12.8 Å². The average molecular weight is 258 g/mol. The topological polar surface area (TPSA) is 52.0 Å². The molecule has 5 nitrogen and oxygen atoms in total. The van der Waals surface area contributed by atoms with Gasteiger partial charge in [0.2, 0.25) is 5.88 Å². The summed E-state index contributed by atoms with van der Waals surface area (Å²) in [6.45, 7) is 2.92. The average Bonchev–Trinajstić information content (AvgIpc) is 3.01. The van der Waals surface area contributed by atoms with Crippen LogP contribution in [-0.4, -0.2) is 34.2 Å². The summed E-state index contributed by atoms with van der Waals surface area (Å²) in [5.74, 6) is 1.29.